The number of aliphatic carboxylic acids is 1. The van der Waals surface area contributed by atoms with E-state index >= 15 is 0 Å². The lowest BCUT2D eigenvalue weighted by Crippen LogP contribution is -2.39. The van der Waals surface area contributed by atoms with Crippen LogP contribution in [0.3, 0.4) is 0 Å². The number of sulfonamides is 1. The summed E-state index contributed by atoms with van der Waals surface area (Å²) < 4.78 is 24.9. The molecule has 0 aliphatic carbocycles. The molecule has 0 aromatic carbocycles. The van der Waals surface area contributed by atoms with Crippen molar-refractivity contribution < 1.29 is 18.3 Å². The normalized spacial score (nSPS) is 19.1. The number of nitrogens with zero attached hydrogens (tertiary/aromatic N) is 1. The predicted octanol–water partition coefficient (Wildman–Crippen LogP) is 1.08. The lowest BCUT2D eigenvalue weighted by molar-refractivity contribution is -0.137. The van der Waals surface area contributed by atoms with Crippen LogP contribution in [0.2, 0.25) is 0 Å². The van der Waals surface area contributed by atoms with Crippen LogP contribution in [-0.4, -0.2) is 42.6 Å². The number of hydrogen-bond donors (Lipinski definition) is 1. The molecule has 1 saturated heterocycles. The van der Waals surface area contributed by atoms with E-state index in [-0.39, 0.29) is 12.2 Å². The van der Waals surface area contributed by atoms with E-state index in [1.807, 2.05) is 0 Å². The second-order valence-corrected chi connectivity index (χ2v) is 6.36. The van der Waals surface area contributed by atoms with Crippen molar-refractivity contribution in [3.8, 4) is 0 Å². The van der Waals surface area contributed by atoms with Gasteiger partial charge in [-0.1, -0.05) is 6.08 Å². The molecule has 6 heteroatoms. The van der Waals surface area contributed by atoms with E-state index in [4.69, 9.17) is 5.11 Å². The minimum absolute atomic E-state index is 0.0210. The molecule has 98 valence electrons. The number of carboxylic acids is 1. The van der Waals surface area contributed by atoms with E-state index < -0.39 is 16.0 Å². The van der Waals surface area contributed by atoms with Gasteiger partial charge in [0.05, 0.1) is 5.75 Å². The van der Waals surface area contributed by atoms with Gasteiger partial charge < -0.3 is 5.11 Å². The average Bonchev–Trinajstić information content (AvgIpc) is 2.27. The lowest BCUT2D eigenvalue weighted by atomic mass is 9.93. The molecule has 5 nitrogen and oxygen atoms in total. The minimum atomic E-state index is -3.19. The molecule has 1 heterocycles. The Hall–Kier alpha value is -0.880. The van der Waals surface area contributed by atoms with Crippen LogP contribution in [0, 0.1) is 5.92 Å². The molecule has 1 aliphatic heterocycles. The second kappa shape index (κ2) is 6.16. The summed E-state index contributed by atoms with van der Waals surface area (Å²) in [4.78, 5) is 10.4. The summed E-state index contributed by atoms with van der Waals surface area (Å²) in [7, 11) is -3.19. The predicted molar refractivity (Wildman–Crippen MR) is 65.2 cm³/mol. The molecule has 0 aromatic heterocycles. The molecule has 0 amide bonds. The van der Waals surface area contributed by atoms with Gasteiger partial charge in [-0.25, -0.2) is 12.7 Å². The molecule has 0 radical (unpaired) electrons. The van der Waals surface area contributed by atoms with E-state index in [1.54, 1.807) is 0 Å². The van der Waals surface area contributed by atoms with Gasteiger partial charge in [0.15, 0.2) is 0 Å². The zero-order chi connectivity index (χ0) is 12.9. The molecule has 0 atom stereocenters. The van der Waals surface area contributed by atoms with Crippen molar-refractivity contribution in [2.24, 2.45) is 5.92 Å². The third-order valence-corrected chi connectivity index (χ3v) is 4.87. The summed E-state index contributed by atoms with van der Waals surface area (Å²) in [6.45, 7) is 4.43. The third-order valence-electron chi connectivity index (χ3n) is 3.06. The van der Waals surface area contributed by atoms with Crippen LogP contribution in [0.4, 0.5) is 0 Å². The fourth-order valence-corrected chi connectivity index (χ4v) is 3.33. The van der Waals surface area contributed by atoms with E-state index in [2.05, 4.69) is 6.58 Å². The number of carbonyl (C=O) groups is 1. The van der Waals surface area contributed by atoms with Crippen molar-refractivity contribution >= 4 is 16.0 Å². The first-order chi connectivity index (χ1) is 7.95. The van der Waals surface area contributed by atoms with Crippen molar-refractivity contribution in [1.82, 2.24) is 4.31 Å². The summed E-state index contributed by atoms with van der Waals surface area (Å²) in [6.07, 6.45) is 3.72. The Morgan fingerprint density at radius 1 is 1.41 bits per heavy atom. The molecule has 1 N–H and O–H groups in total. The van der Waals surface area contributed by atoms with Gasteiger partial charge in [-0.15, -0.1) is 6.58 Å². The van der Waals surface area contributed by atoms with Crippen LogP contribution in [0.25, 0.3) is 0 Å². The molecule has 0 unspecified atom stereocenters. The zero-order valence-electron chi connectivity index (χ0n) is 9.84. The fourth-order valence-electron chi connectivity index (χ4n) is 2.06. The van der Waals surface area contributed by atoms with E-state index in [0.29, 0.717) is 25.4 Å². The summed E-state index contributed by atoms with van der Waals surface area (Å²) in [6, 6.07) is 0. The van der Waals surface area contributed by atoms with Crippen LogP contribution >= 0.6 is 0 Å². The van der Waals surface area contributed by atoms with Gasteiger partial charge in [0, 0.05) is 19.5 Å². The molecule has 1 fully saturated rings. The van der Waals surface area contributed by atoms with Gasteiger partial charge in [0.2, 0.25) is 10.0 Å². The Labute approximate surface area is 102 Å². The first-order valence-electron chi connectivity index (χ1n) is 5.76. The maximum atomic E-state index is 11.7. The van der Waals surface area contributed by atoms with Crippen LogP contribution in [0.15, 0.2) is 12.7 Å². The fraction of sp³-hybridized carbons (Fsp3) is 0.727. The minimum Gasteiger partial charge on any atom is -0.481 e. The Morgan fingerprint density at radius 2 is 2.00 bits per heavy atom. The highest BCUT2D eigenvalue weighted by Gasteiger charge is 2.26. The quantitative estimate of drug-likeness (QED) is 0.726. The largest absolute Gasteiger partial charge is 0.481 e. The molecular weight excluding hydrogens is 242 g/mol. The van der Waals surface area contributed by atoms with Gasteiger partial charge >= 0.3 is 5.97 Å². The van der Waals surface area contributed by atoms with Gasteiger partial charge in [-0.3, -0.25) is 4.79 Å². The summed E-state index contributed by atoms with van der Waals surface area (Å²) in [5, 5.41) is 8.58. The zero-order valence-corrected chi connectivity index (χ0v) is 10.7. The van der Waals surface area contributed by atoms with Gasteiger partial charge in [-0.2, -0.15) is 0 Å². The second-order valence-electron chi connectivity index (χ2n) is 4.34. The molecular formula is C11H19NO4S. The molecule has 17 heavy (non-hydrogen) atoms. The Kier molecular flexibility index (Phi) is 5.14. The SMILES string of the molecule is C=CCS(=O)(=O)N1CCC(CCC(=O)O)CC1. The third kappa shape index (κ3) is 4.47. The maximum absolute atomic E-state index is 11.7. The summed E-state index contributed by atoms with van der Waals surface area (Å²) in [5.74, 6) is -0.472. The van der Waals surface area contributed by atoms with Crippen LogP contribution in [0.1, 0.15) is 25.7 Å². The lowest BCUT2D eigenvalue weighted by Gasteiger charge is -2.30. The first kappa shape index (κ1) is 14.2. The van der Waals surface area contributed by atoms with E-state index in [9.17, 15) is 13.2 Å². The van der Waals surface area contributed by atoms with E-state index in [1.165, 1.54) is 10.4 Å². The Balaban J connectivity index is 2.40. The van der Waals surface area contributed by atoms with Crippen LogP contribution in [-0.2, 0) is 14.8 Å². The maximum Gasteiger partial charge on any atom is 0.303 e. The van der Waals surface area contributed by atoms with Gasteiger partial charge in [0.1, 0.15) is 0 Å². The molecule has 1 rings (SSSR count). The van der Waals surface area contributed by atoms with Crippen molar-refractivity contribution in [1.29, 1.82) is 0 Å². The molecule has 0 aromatic rings. The number of rotatable bonds is 6. The van der Waals surface area contributed by atoms with Crippen molar-refractivity contribution in [2.45, 2.75) is 25.7 Å². The standard InChI is InChI=1S/C11H19NO4S/c1-2-9-17(15,16)12-7-5-10(6-8-12)3-4-11(13)14/h2,10H,1,3-9H2,(H,13,14). The highest BCUT2D eigenvalue weighted by Crippen LogP contribution is 2.23. The van der Waals surface area contributed by atoms with Gasteiger partial charge in [0.25, 0.3) is 0 Å². The topological polar surface area (TPSA) is 74.7 Å². The molecule has 0 spiro atoms. The van der Waals surface area contributed by atoms with Crippen molar-refractivity contribution in [3.05, 3.63) is 12.7 Å². The average molecular weight is 261 g/mol. The Bertz CT molecular complexity index is 369. The number of piperidine rings is 1. The molecule has 0 saturated carbocycles. The summed E-state index contributed by atoms with van der Waals surface area (Å²) in [5.41, 5.74) is 0. The summed E-state index contributed by atoms with van der Waals surface area (Å²) >= 11 is 0. The Morgan fingerprint density at radius 3 is 2.47 bits per heavy atom. The van der Waals surface area contributed by atoms with Crippen molar-refractivity contribution in [2.75, 3.05) is 18.8 Å². The van der Waals surface area contributed by atoms with Crippen LogP contribution in [0.5, 0.6) is 0 Å². The smallest absolute Gasteiger partial charge is 0.303 e. The first-order valence-corrected chi connectivity index (χ1v) is 7.37. The van der Waals surface area contributed by atoms with Crippen LogP contribution < -0.4 is 0 Å². The number of carboxylic acid groups (broad SMARTS) is 1. The van der Waals surface area contributed by atoms with Gasteiger partial charge in [-0.05, 0) is 25.2 Å². The molecule has 0 bridgehead atoms. The number of hydrogen-bond acceptors (Lipinski definition) is 3. The molecule has 1 aliphatic rings. The highest BCUT2D eigenvalue weighted by atomic mass is 32.2. The highest BCUT2D eigenvalue weighted by molar-refractivity contribution is 7.89. The monoisotopic (exact) mass is 261 g/mol. The van der Waals surface area contributed by atoms with E-state index in [0.717, 1.165) is 12.8 Å². The van der Waals surface area contributed by atoms with Crippen molar-refractivity contribution in [3.63, 3.8) is 0 Å².